The maximum Gasteiger partial charge on any atom is 0.136 e. The maximum absolute atomic E-state index is 5.69. The van der Waals surface area contributed by atoms with Gasteiger partial charge in [-0.2, -0.15) is 0 Å². The second-order valence-electron chi connectivity index (χ2n) is 3.21. The molecule has 0 radical (unpaired) electrons. The van der Waals surface area contributed by atoms with Crippen molar-refractivity contribution in [2.75, 3.05) is 0 Å². The number of allylic oxidation sites excluding steroid dienone is 2. The SMILES string of the molecule is C1=CC=Cc2oc3ccccc3c2C=1.CC. The molecule has 0 amide bonds. The Morgan fingerprint density at radius 1 is 1.12 bits per heavy atom. The molecule has 0 saturated heterocycles. The molecular formula is C15H14O. The van der Waals surface area contributed by atoms with Gasteiger partial charge in [0.1, 0.15) is 11.3 Å². The molecule has 0 saturated carbocycles. The number of rotatable bonds is 0. The maximum atomic E-state index is 5.69. The van der Waals surface area contributed by atoms with Gasteiger partial charge >= 0.3 is 0 Å². The molecule has 3 rings (SSSR count). The van der Waals surface area contributed by atoms with E-state index < -0.39 is 0 Å². The number of hydrogen-bond donors (Lipinski definition) is 0. The van der Waals surface area contributed by atoms with E-state index in [1.165, 1.54) is 0 Å². The van der Waals surface area contributed by atoms with Gasteiger partial charge in [-0.3, -0.25) is 0 Å². The molecule has 1 aliphatic rings. The lowest BCUT2D eigenvalue weighted by Gasteiger charge is -1.87. The van der Waals surface area contributed by atoms with E-state index in [0.29, 0.717) is 0 Å². The fraction of sp³-hybridized carbons (Fsp3) is 0.133. The summed E-state index contributed by atoms with van der Waals surface area (Å²) in [6.07, 6.45) is 7.74. The highest BCUT2D eigenvalue weighted by Gasteiger charge is 2.08. The molecule has 1 heterocycles. The van der Waals surface area contributed by atoms with Crippen LogP contribution in [0.4, 0.5) is 0 Å². The zero-order chi connectivity index (χ0) is 11.4. The molecule has 0 atom stereocenters. The minimum atomic E-state index is 0.910. The smallest absolute Gasteiger partial charge is 0.136 e. The van der Waals surface area contributed by atoms with Crippen molar-refractivity contribution in [1.29, 1.82) is 0 Å². The molecule has 0 fully saturated rings. The highest BCUT2D eigenvalue weighted by Crippen LogP contribution is 2.28. The first kappa shape index (κ1) is 10.5. The van der Waals surface area contributed by atoms with Crippen LogP contribution in [0.5, 0.6) is 0 Å². The minimum Gasteiger partial charge on any atom is -0.456 e. The van der Waals surface area contributed by atoms with Gasteiger partial charge < -0.3 is 4.42 Å². The van der Waals surface area contributed by atoms with E-state index in [2.05, 4.69) is 11.8 Å². The van der Waals surface area contributed by atoms with Gasteiger partial charge in [-0.15, -0.1) is 5.73 Å². The van der Waals surface area contributed by atoms with Crippen LogP contribution >= 0.6 is 0 Å². The third-order valence-electron chi connectivity index (χ3n) is 2.33. The summed E-state index contributed by atoms with van der Waals surface area (Å²) >= 11 is 0. The molecule has 80 valence electrons. The fourth-order valence-corrected chi connectivity index (χ4v) is 1.68. The van der Waals surface area contributed by atoms with Gasteiger partial charge in [0, 0.05) is 10.9 Å². The first-order valence-corrected chi connectivity index (χ1v) is 5.56. The normalized spacial score (nSPS) is 11.9. The molecule has 0 unspecified atom stereocenters. The summed E-state index contributed by atoms with van der Waals surface area (Å²) in [7, 11) is 0. The Hall–Kier alpha value is -1.98. The van der Waals surface area contributed by atoms with Crippen LogP contribution in [0, 0.1) is 0 Å². The molecule has 2 aromatic rings. The van der Waals surface area contributed by atoms with Gasteiger partial charge in [-0.1, -0.05) is 38.1 Å². The van der Waals surface area contributed by atoms with Crippen LogP contribution in [0.15, 0.2) is 46.6 Å². The summed E-state index contributed by atoms with van der Waals surface area (Å²) in [5.41, 5.74) is 5.13. The highest BCUT2D eigenvalue weighted by molar-refractivity contribution is 5.91. The lowest BCUT2D eigenvalue weighted by atomic mass is 10.1. The second-order valence-corrected chi connectivity index (χ2v) is 3.21. The fourth-order valence-electron chi connectivity index (χ4n) is 1.68. The van der Waals surface area contributed by atoms with Crippen molar-refractivity contribution in [3.05, 3.63) is 53.5 Å². The minimum absolute atomic E-state index is 0.910. The summed E-state index contributed by atoms with van der Waals surface area (Å²) in [5.74, 6) is 0.910. The zero-order valence-corrected chi connectivity index (χ0v) is 9.53. The molecule has 16 heavy (non-hydrogen) atoms. The van der Waals surface area contributed by atoms with E-state index in [1.54, 1.807) is 0 Å². The summed E-state index contributed by atoms with van der Waals surface area (Å²) in [6.45, 7) is 4.00. The predicted octanol–water partition coefficient (Wildman–Crippen LogP) is 4.65. The van der Waals surface area contributed by atoms with Crippen LogP contribution in [-0.2, 0) is 0 Å². The Balaban J connectivity index is 0.000000457. The van der Waals surface area contributed by atoms with Crippen LogP contribution in [0.25, 0.3) is 23.1 Å². The van der Waals surface area contributed by atoms with Crippen molar-refractivity contribution < 1.29 is 4.42 Å². The van der Waals surface area contributed by atoms with E-state index >= 15 is 0 Å². The summed E-state index contributed by atoms with van der Waals surface area (Å²) in [5, 5.41) is 1.15. The number of para-hydroxylation sites is 1. The predicted molar refractivity (Wildman–Crippen MR) is 69.1 cm³/mol. The third kappa shape index (κ3) is 1.73. The van der Waals surface area contributed by atoms with Crippen molar-refractivity contribution in [3.8, 4) is 0 Å². The topological polar surface area (TPSA) is 13.1 Å². The molecule has 1 aromatic heterocycles. The monoisotopic (exact) mass is 210 g/mol. The van der Waals surface area contributed by atoms with Crippen molar-refractivity contribution >= 4 is 23.1 Å². The van der Waals surface area contributed by atoms with Crippen molar-refractivity contribution in [2.24, 2.45) is 0 Å². The van der Waals surface area contributed by atoms with Gasteiger partial charge in [0.25, 0.3) is 0 Å². The molecule has 1 aromatic carbocycles. The molecule has 1 aliphatic carbocycles. The Morgan fingerprint density at radius 2 is 1.94 bits per heavy atom. The van der Waals surface area contributed by atoms with Gasteiger partial charge in [0.15, 0.2) is 0 Å². The lowest BCUT2D eigenvalue weighted by molar-refractivity contribution is 0.603. The van der Waals surface area contributed by atoms with E-state index in [0.717, 1.165) is 22.3 Å². The standard InChI is InChI=1S/C13H8O.C2H6/c1-2-6-10-11-7-4-5-9-13(11)14-12(10)8-3-1;1-2/h1,3-9H;1-2H3. The van der Waals surface area contributed by atoms with Gasteiger partial charge in [0.05, 0.1) is 0 Å². The van der Waals surface area contributed by atoms with Crippen LogP contribution < -0.4 is 0 Å². The Bertz CT molecular complexity index is 579. The first-order valence-electron chi connectivity index (χ1n) is 5.56. The first-order chi connectivity index (χ1) is 7.95. The van der Waals surface area contributed by atoms with Gasteiger partial charge in [0.2, 0.25) is 0 Å². The van der Waals surface area contributed by atoms with Crippen molar-refractivity contribution in [2.45, 2.75) is 13.8 Å². The average Bonchev–Trinajstić information content (AvgIpc) is 2.54. The highest BCUT2D eigenvalue weighted by atomic mass is 16.3. The Morgan fingerprint density at radius 3 is 2.81 bits per heavy atom. The third-order valence-corrected chi connectivity index (χ3v) is 2.33. The van der Waals surface area contributed by atoms with Gasteiger partial charge in [-0.05, 0) is 24.3 Å². The van der Waals surface area contributed by atoms with Crippen molar-refractivity contribution in [1.82, 2.24) is 0 Å². The second kappa shape index (κ2) is 4.69. The summed E-state index contributed by atoms with van der Waals surface area (Å²) in [4.78, 5) is 0. The van der Waals surface area contributed by atoms with Crippen molar-refractivity contribution in [3.63, 3.8) is 0 Å². The number of hydrogen-bond acceptors (Lipinski definition) is 1. The molecule has 0 bridgehead atoms. The van der Waals surface area contributed by atoms with Gasteiger partial charge in [-0.25, -0.2) is 0 Å². The number of benzene rings is 1. The molecule has 1 nitrogen and oxygen atoms in total. The van der Waals surface area contributed by atoms with Crippen LogP contribution in [0.1, 0.15) is 25.2 Å². The van der Waals surface area contributed by atoms with E-state index in [-0.39, 0.29) is 0 Å². The largest absolute Gasteiger partial charge is 0.456 e. The van der Waals surface area contributed by atoms with Crippen LogP contribution in [-0.4, -0.2) is 0 Å². The summed E-state index contributed by atoms with van der Waals surface area (Å²) in [6, 6.07) is 8.04. The Labute approximate surface area is 95.4 Å². The van der Waals surface area contributed by atoms with E-state index in [4.69, 9.17) is 4.42 Å². The van der Waals surface area contributed by atoms with Crippen LogP contribution in [0.3, 0.4) is 0 Å². The molecular weight excluding hydrogens is 196 g/mol. The average molecular weight is 210 g/mol. The zero-order valence-electron chi connectivity index (χ0n) is 9.53. The molecule has 0 aliphatic heterocycles. The van der Waals surface area contributed by atoms with E-state index in [9.17, 15) is 0 Å². The Kier molecular flexibility index (Phi) is 3.09. The number of fused-ring (bicyclic) bond motifs is 3. The molecule has 1 heteroatoms. The molecule has 0 spiro atoms. The quantitative estimate of drug-likeness (QED) is 0.577. The number of furan rings is 1. The molecule has 0 N–H and O–H groups in total. The van der Waals surface area contributed by atoms with Crippen LogP contribution in [0.2, 0.25) is 0 Å². The van der Waals surface area contributed by atoms with E-state index in [1.807, 2.05) is 56.4 Å². The summed E-state index contributed by atoms with van der Waals surface area (Å²) < 4.78 is 5.69. The lowest BCUT2D eigenvalue weighted by Crippen LogP contribution is -1.70.